The number of rotatable bonds is 3. The Morgan fingerprint density at radius 2 is 1.70 bits per heavy atom. The standard InChI is InChI=1S/C19H14F3N3OS/c20-19(21,22)15-7-3-4-8-16(15)24-18(27)25-23-11-14-13-6-2-1-5-12(13)9-10-17(14)26/h1-11,26H,(H2,24,25,27)/b23-11+. The van der Waals surface area contributed by atoms with Gasteiger partial charge >= 0.3 is 6.18 Å². The number of thiocarbonyl (C=S) groups is 1. The zero-order valence-electron chi connectivity index (χ0n) is 13.8. The molecule has 3 aromatic carbocycles. The van der Waals surface area contributed by atoms with Crippen molar-refractivity contribution in [2.24, 2.45) is 5.10 Å². The molecule has 0 bridgehead atoms. The van der Waals surface area contributed by atoms with Crippen LogP contribution in [0.3, 0.4) is 0 Å². The highest BCUT2D eigenvalue weighted by Gasteiger charge is 2.33. The minimum Gasteiger partial charge on any atom is -0.507 e. The first-order valence-corrected chi connectivity index (χ1v) is 8.24. The van der Waals surface area contributed by atoms with Crippen molar-refractivity contribution in [1.82, 2.24) is 5.43 Å². The van der Waals surface area contributed by atoms with Gasteiger partial charge in [-0.2, -0.15) is 18.3 Å². The maximum Gasteiger partial charge on any atom is 0.418 e. The number of anilines is 1. The number of para-hydroxylation sites is 1. The molecule has 0 aliphatic carbocycles. The summed E-state index contributed by atoms with van der Waals surface area (Å²) in [5, 5.41) is 18.0. The molecule has 0 unspecified atom stereocenters. The summed E-state index contributed by atoms with van der Waals surface area (Å²) in [6.07, 6.45) is -3.14. The SMILES string of the molecule is Oc1ccc2ccccc2c1/C=N/NC(=S)Nc1ccccc1C(F)(F)F. The number of halogens is 3. The molecule has 0 amide bonds. The van der Waals surface area contributed by atoms with Gasteiger partial charge in [-0.05, 0) is 41.2 Å². The minimum atomic E-state index is -4.50. The second kappa shape index (κ2) is 7.63. The summed E-state index contributed by atoms with van der Waals surface area (Å²) in [5.74, 6) is 0.0283. The van der Waals surface area contributed by atoms with Crippen LogP contribution in [-0.2, 0) is 6.18 Å². The summed E-state index contributed by atoms with van der Waals surface area (Å²) in [6, 6.07) is 15.7. The summed E-state index contributed by atoms with van der Waals surface area (Å²) in [5.41, 5.74) is 1.93. The van der Waals surface area contributed by atoms with Crippen molar-refractivity contribution in [2.75, 3.05) is 5.32 Å². The third kappa shape index (κ3) is 4.35. The van der Waals surface area contributed by atoms with E-state index in [4.69, 9.17) is 12.2 Å². The van der Waals surface area contributed by atoms with Crippen molar-refractivity contribution >= 4 is 40.0 Å². The van der Waals surface area contributed by atoms with Gasteiger partial charge in [-0.25, -0.2) is 0 Å². The van der Waals surface area contributed by atoms with Crippen molar-refractivity contribution in [2.45, 2.75) is 6.18 Å². The Kier molecular flexibility index (Phi) is 5.27. The van der Waals surface area contributed by atoms with Crippen LogP contribution in [-0.4, -0.2) is 16.4 Å². The van der Waals surface area contributed by atoms with Crippen molar-refractivity contribution in [3.63, 3.8) is 0 Å². The van der Waals surface area contributed by atoms with Crippen molar-refractivity contribution in [1.29, 1.82) is 0 Å². The third-order valence-electron chi connectivity index (χ3n) is 3.79. The molecule has 0 saturated heterocycles. The maximum atomic E-state index is 13.0. The fourth-order valence-electron chi connectivity index (χ4n) is 2.56. The average molecular weight is 389 g/mol. The highest BCUT2D eigenvalue weighted by Crippen LogP contribution is 2.34. The number of benzene rings is 3. The third-order valence-corrected chi connectivity index (χ3v) is 3.98. The lowest BCUT2D eigenvalue weighted by atomic mass is 10.0. The van der Waals surface area contributed by atoms with E-state index >= 15 is 0 Å². The van der Waals surface area contributed by atoms with Gasteiger partial charge in [0.05, 0.1) is 17.5 Å². The molecule has 0 aliphatic heterocycles. The zero-order chi connectivity index (χ0) is 19.4. The van der Waals surface area contributed by atoms with Gasteiger partial charge in [-0.1, -0.05) is 42.5 Å². The Morgan fingerprint density at radius 1 is 1.00 bits per heavy atom. The molecule has 8 heteroatoms. The van der Waals surface area contributed by atoms with Crippen molar-refractivity contribution < 1.29 is 18.3 Å². The number of fused-ring (bicyclic) bond motifs is 1. The molecule has 0 aliphatic rings. The minimum absolute atomic E-state index is 0.0283. The first kappa shape index (κ1) is 18.7. The molecule has 0 saturated carbocycles. The van der Waals surface area contributed by atoms with Gasteiger partial charge in [0.15, 0.2) is 5.11 Å². The van der Waals surface area contributed by atoms with Crippen LogP contribution in [0.2, 0.25) is 0 Å². The van der Waals surface area contributed by atoms with Gasteiger partial charge in [0.1, 0.15) is 5.75 Å². The van der Waals surface area contributed by atoms with E-state index in [0.717, 1.165) is 16.8 Å². The lowest BCUT2D eigenvalue weighted by Crippen LogP contribution is -2.25. The highest BCUT2D eigenvalue weighted by atomic mass is 32.1. The molecule has 0 fully saturated rings. The average Bonchev–Trinajstić information content (AvgIpc) is 2.63. The van der Waals surface area contributed by atoms with Gasteiger partial charge in [0, 0.05) is 5.56 Å². The second-order valence-electron chi connectivity index (χ2n) is 5.59. The quantitative estimate of drug-likeness (QED) is 0.339. The van der Waals surface area contributed by atoms with Gasteiger partial charge in [0.25, 0.3) is 0 Å². The monoisotopic (exact) mass is 389 g/mol. The Labute approximate surface area is 158 Å². The largest absolute Gasteiger partial charge is 0.507 e. The fourth-order valence-corrected chi connectivity index (χ4v) is 2.73. The van der Waals surface area contributed by atoms with Crippen LogP contribution >= 0.6 is 12.2 Å². The number of phenolic OH excluding ortho intramolecular Hbond substituents is 1. The van der Waals surface area contributed by atoms with Crippen LogP contribution in [0.15, 0.2) is 65.8 Å². The van der Waals surface area contributed by atoms with E-state index in [1.54, 1.807) is 12.1 Å². The molecule has 0 spiro atoms. The molecule has 4 nitrogen and oxygen atoms in total. The molecule has 3 rings (SSSR count). The Balaban J connectivity index is 1.75. The number of nitrogens with one attached hydrogen (secondary N) is 2. The summed E-state index contributed by atoms with van der Waals surface area (Å²) in [7, 11) is 0. The molecular formula is C19H14F3N3OS. The number of alkyl halides is 3. The van der Waals surface area contributed by atoms with Crippen LogP contribution in [0.1, 0.15) is 11.1 Å². The van der Waals surface area contributed by atoms with Gasteiger partial charge < -0.3 is 10.4 Å². The predicted octanol–water partition coefficient (Wildman–Crippen LogP) is 4.88. The molecule has 0 atom stereocenters. The summed E-state index contributed by atoms with van der Waals surface area (Å²) < 4.78 is 39.0. The van der Waals surface area contributed by atoms with Crippen LogP contribution in [0.5, 0.6) is 5.75 Å². The Hall–Kier alpha value is -3.13. The van der Waals surface area contributed by atoms with E-state index in [1.807, 2.05) is 24.3 Å². The second-order valence-corrected chi connectivity index (χ2v) is 6.00. The summed E-state index contributed by atoms with van der Waals surface area (Å²) in [6.45, 7) is 0. The fraction of sp³-hybridized carbons (Fsp3) is 0.0526. The normalized spacial score (nSPS) is 11.7. The first-order chi connectivity index (χ1) is 12.9. The first-order valence-electron chi connectivity index (χ1n) is 7.83. The van der Waals surface area contributed by atoms with Crippen LogP contribution in [0, 0.1) is 0 Å². The van der Waals surface area contributed by atoms with Gasteiger partial charge in [0.2, 0.25) is 0 Å². The number of hydrogen-bond acceptors (Lipinski definition) is 3. The molecular weight excluding hydrogens is 375 g/mol. The topological polar surface area (TPSA) is 56.7 Å². The van der Waals surface area contributed by atoms with Crippen molar-refractivity contribution in [3.8, 4) is 5.75 Å². The van der Waals surface area contributed by atoms with Crippen LogP contribution < -0.4 is 10.7 Å². The predicted molar refractivity (Wildman–Crippen MR) is 104 cm³/mol. The van der Waals surface area contributed by atoms with Crippen molar-refractivity contribution in [3.05, 3.63) is 71.8 Å². The smallest absolute Gasteiger partial charge is 0.418 e. The molecule has 138 valence electrons. The van der Waals surface area contributed by atoms with E-state index in [0.29, 0.717) is 5.56 Å². The summed E-state index contributed by atoms with van der Waals surface area (Å²) in [4.78, 5) is 0. The summed E-state index contributed by atoms with van der Waals surface area (Å²) >= 11 is 5.00. The maximum absolute atomic E-state index is 13.0. The number of phenols is 1. The lowest BCUT2D eigenvalue weighted by molar-refractivity contribution is -0.136. The van der Waals surface area contributed by atoms with Gasteiger partial charge in [-0.15, -0.1) is 0 Å². The lowest BCUT2D eigenvalue weighted by Gasteiger charge is -2.14. The van der Waals surface area contributed by atoms with Crippen LogP contribution in [0.4, 0.5) is 18.9 Å². The molecule has 27 heavy (non-hydrogen) atoms. The zero-order valence-corrected chi connectivity index (χ0v) is 14.6. The molecule has 0 heterocycles. The van der Waals surface area contributed by atoms with E-state index in [-0.39, 0.29) is 16.5 Å². The highest BCUT2D eigenvalue weighted by molar-refractivity contribution is 7.80. The number of hydrazone groups is 1. The molecule has 3 N–H and O–H groups in total. The van der Waals surface area contributed by atoms with E-state index < -0.39 is 11.7 Å². The number of aromatic hydroxyl groups is 1. The Morgan fingerprint density at radius 3 is 2.48 bits per heavy atom. The molecule has 0 aromatic heterocycles. The van der Waals surface area contributed by atoms with Crippen LogP contribution in [0.25, 0.3) is 10.8 Å². The number of hydrogen-bond donors (Lipinski definition) is 3. The van der Waals surface area contributed by atoms with E-state index in [1.165, 1.54) is 24.4 Å². The number of nitrogens with zero attached hydrogens (tertiary/aromatic N) is 1. The van der Waals surface area contributed by atoms with Gasteiger partial charge in [-0.3, -0.25) is 5.43 Å². The molecule has 3 aromatic rings. The molecule has 0 radical (unpaired) electrons. The Bertz CT molecular complexity index is 1020. The van der Waals surface area contributed by atoms with E-state index in [9.17, 15) is 18.3 Å². The van der Waals surface area contributed by atoms with E-state index in [2.05, 4.69) is 15.8 Å².